The van der Waals surface area contributed by atoms with Crippen LogP contribution in [0.2, 0.25) is 5.02 Å². The molecule has 2 heterocycles. The summed E-state index contributed by atoms with van der Waals surface area (Å²) in [6.45, 7) is 2.12. The summed E-state index contributed by atoms with van der Waals surface area (Å²) in [7, 11) is 0. The van der Waals surface area contributed by atoms with Crippen LogP contribution in [0.25, 0.3) is 22.4 Å². The Kier molecular flexibility index (Phi) is 3.60. The predicted octanol–water partition coefficient (Wildman–Crippen LogP) is 4.28. The van der Waals surface area contributed by atoms with Crippen molar-refractivity contribution in [2.75, 3.05) is 13.1 Å². The molecule has 3 aromatic rings. The average molecular weight is 312 g/mol. The Hall–Kier alpha value is -1.84. The summed E-state index contributed by atoms with van der Waals surface area (Å²) in [5, 5.41) is 4.19. The topological polar surface area (TPSA) is 29.9 Å². The second kappa shape index (κ2) is 5.75. The zero-order chi connectivity index (χ0) is 14.9. The third-order valence-corrected chi connectivity index (χ3v) is 4.59. The van der Waals surface area contributed by atoms with Crippen molar-refractivity contribution in [1.82, 2.24) is 14.9 Å². The summed E-state index contributed by atoms with van der Waals surface area (Å²) in [6, 6.07) is 16.9. The molecule has 1 N–H and O–H groups in total. The van der Waals surface area contributed by atoms with Crippen molar-refractivity contribution in [2.45, 2.75) is 18.9 Å². The molecule has 1 aliphatic rings. The number of rotatable bonds is 2. The van der Waals surface area contributed by atoms with Crippen LogP contribution in [0.3, 0.4) is 0 Å². The SMILES string of the molecule is Clc1cccc(-c2nc3ccccc3n2C2CCNCC2)c1. The van der Waals surface area contributed by atoms with Gasteiger partial charge in [0, 0.05) is 16.6 Å². The van der Waals surface area contributed by atoms with Crippen LogP contribution in [0.15, 0.2) is 48.5 Å². The van der Waals surface area contributed by atoms with E-state index in [0.29, 0.717) is 6.04 Å². The maximum Gasteiger partial charge on any atom is 0.141 e. The second-order valence-corrected chi connectivity index (χ2v) is 6.22. The van der Waals surface area contributed by atoms with Crippen LogP contribution >= 0.6 is 11.6 Å². The summed E-state index contributed by atoms with van der Waals surface area (Å²) in [6.07, 6.45) is 2.27. The van der Waals surface area contributed by atoms with Crippen molar-refractivity contribution in [2.24, 2.45) is 0 Å². The normalized spacial score (nSPS) is 16.2. The minimum atomic E-state index is 0.489. The molecule has 0 bridgehead atoms. The summed E-state index contributed by atoms with van der Waals surface area (Å²) in [5.41, 5.74) is 3.35. The Morgan fingerprint density at radius 2 is 1.86 bits per heavy atom. The largest absolute Gasteiger partial charge is 0.321 e. The van der Waals surface area contributed by atoms with Gasteiger partial charge in [0.15, 0.2) is 0 Å². The van der Waals surface area contributed by atoms with E-state index in [4.69, 9.17) is 16.6 Å². The number of hydrogen-bond donors (Lipinski definition) is 1. The molecule has 0 unspecified atom stereocenters. The molecule has 2 aromatic carbocycles. The number of benzene rings is 2. The number of nitrogens with one attached hydrogen (secondary N) is 1. The summed E-state index contributed by atoms with van der Waals surface area (Å²) in [5.74, 6) is 1.02. The highest BCUT2D eigenvalue weighted by atomic mass is 35.5. The van der Waals surface area contributed by atoms with E-state index in [1.54, 1.807) is 0 Å². The van der Waals surface area contributed by atoms with Crippen LogP contribution in [0.1, 0.15) is 18.9 Å². The van der Waals surface area contributed by atoms with Crippen molar-refractivity contribution in [3.8, 4) is 11.4 Å². The first kappa shape index (κ1) is 13.8. The van der Waals surface area contributed by atoms with Crippen LogP contribution in [0.4, 0.5) is 0 Å². The Morgan fingerprint density at radius 1 is 1.05 bits per heavy atom. The van der Waals surface area contributed by atoms with Gasteiger partial charge >= 0.3 is 0 Å². The van der Waals surface area contributed by atoms with Gasteiger partial charge in [0.05, 0.1) is 11.0 Å². The molecule has 0 atom stereocenters. The van der Waals surface area contributed by atoms with Gasteiger partial charge in [-0.1, -0.05) is 35.9 Å². The Bertz CT molecular complexity index is 803. The van der Waals surface area contributed by atoms with Gasteiger partial charge in [-0.3, -0.25) is 0 Å². The fourth-order valence-corrected chi connectivity index (χ4v) is 3.50. The molecule has 0 spiro atoms. The van der Waals surface area contributed by atoms with Crippen LogP contribution in [0.5, 0.6) is 0 Å². The van der Waals surface area contributed by atoms with E-state index in [0.717, 1.165) is 47.9 Å². The summed E-state index contributed by atoms with van der Waals surface area (Å²) in [4.78, 5) is 4.88. The lowest BCUT2D eigenvalue weighted by Crippen LogP contribution is -2.29. The smallest absolute Gasteiger partial charge is 0.141 e. The van der Waals surface area contributed by atoms with Crippen molar-refractivity contribution >= 4 is 22.6 Å². The van der Waals surface area contributed by atoms with Gasteiger partial charge in [-0.2, -0.15) is 0 Å². The number of piperidine rings is 1. The molecule has 0 radical (unpaired) electrons. The summed E-state index contributed by atoms with van der Waals surface area (Å²) >= 11 is 6.18. The van der Waals surface area contributed by atoms with Crippen molar-refractivity contribution in [3.63, 3.8) is 0 Å². The van der Waals surface area contributed by atoms with Crippen LogP contribution < -0.4 is 5.32 Å². The second-order valence-electron chi connectivity index (χ2n) is 5.79. The van der Waals surface area contributed by atoms with E-state index < -0.39 is 0 Å². The first-order chi connectivity index (χ1) is 10.8. The average Bonchev–Trinajstić information content (AvgIpc) is 2.95. The Balaban J connectivity index is 1.93. The fourth-order valence-electron chi connectivity index (χ4n) is 3.31. The van der Waals surface area contributed by atoms with E-state index >= 15 is 0 Å². The standard InChI is InChI=1S/C18H18ClN3/c19-14-5-3-4-13(12-14)18-21-16-6-1-2-7-17(16)22(18)15-8-10-20-11-9-15/h1-7,12,15,20H,8-11H2. The van der Waals surface area contributed by atoms with Crippen molar-refractivity contribution in [1.29, 1.82) is 0 Å². The maximum absolute atomic E-state index is 6.18. The molecular formula is C18H18ClN3. The van der Waals surface area contributed by atoms with E-state index in [9.17, 15) is 0 Å². The predicted molar refractivity (Wildman–Crippen MR) is 91.3 cm³/mol. The molecule has 1 aromatic heterocycles. The van der Waals surface area contributed by atoms with Crippen LogP contribution in [0, 0.1) is 0 Å². The zero-order valence-corrected chi connectivity index (χ0v) is 13.1. The number of halogens is 1. The first-order valence-electron chi connectivity index (χ1n) is 7.76. The van der Waals surface area contributed by atoms with Gasteiger partial charge < -0.3 is 9.88 Å². The van der Waals surface area contributed by atoms with Gasteiger partial charge in [0.25, 0.3) is 0 Å². The molecule has 1 fully saturated rings. The quantitative estimate of drug-likeness (QED) is 0.765. The van der Waals surface area contributed by atoms with Gasteiger partial charge in [0.1, 0.15) is 5.82 Å². The highest BCUT2D eigenvalue weighted by molar-refractivity contribution is 6.30. The third-order valence-electron chi connectivity index (χ3n) is 4.35. The number of aromatic nitrogens is 2. The number of para-hydroxylation sites is 2. The van der Waals surface area contributed by atoms with Crippen LogP contribution in [-0.4, -0.2) is 22.6 Å². The molecule has 0 aliphatic carbocycles. The maximum atomic E-state index is 6.18. The highest BCUT2D eigenvalue weighted by Gasteiger charge is 2.21. The molecule has 1 aliphatic heterocycles. The van der Waals surface area contributed by atoms with E-state index in [2.05, 4.69) is 34.1 Å². The molecule has 112 valence electrons. The minimum absolute atomic E-state index is 0.489. The zero-order valence-electron chi connectivity index (χ0n) is 12.3. The molecular weight excluding hydrogens is 294 g/mol. The van der Waals surface area contributed by atoms with Gasteiger partial charge in [0.2, 0.25) is 0 Å². The molecule has 0 amide bonds. The van der Waals surface area contributed by atoms with Crippen molar-refractivity contribution in [3.05, 3.63) is 53.6 Å². The van der Waals surface area contributed by atoms with Gasteiger partial charge in [-0.25, -0.2) is 4.98 Å². The first-order valence-corrected chi connectivity index (χ1v) is 8.14. The highest BCUT2D eigenvalue weighted by Crippen LogP contribution is 2.32. The number of imidazole rings is 1. The lowest BCUT2D eigenvalue weighted by Gasteiger charge is -2.26. The fraction of sp³-hybridized carbons (Fsp3) is 0.278. The lowest BCUT2D eigenvalue weighted by atomic mass is 10.1. The van der Waals surface area contributed by atoms with Gasteiger partial charge in [-0.15, -0.1) is 0 Å². The molecule has 0 saturated carbocycles. The van der Waals surface area contributed by atoms with E-state index in [-0.39, 0.29) is 0 Å². The van der Waals surface area contributed by atoms with Crippen LogP contribution in [-0.2, 0) is 0 Å². The summed E-state index contributed by atoms with van der Waals surface area (Å²) < 4.78 is 2.40. The molecule has 22 heavy (non-hydrogen) atoms. The monoisotopic (exact) mass is 311 g/mol. The van der Waals surface area contributed by atoms with Gasteiger partial charge in [-0.05, 0) is 50.2 Å². The van der Waals surface area contributed by atoms with E-state index in [1.807, 2.05) is 24.3 Å². The molecule has 3 nitrogen and oxygen atoms in total. The Morgan fingerprint density at radius 3 is 2.68 bits per heavy atom. The molecule has 4 rings (SSSR count). The number of fused-ring (bicyclic) bond motifs is 1. The molecule has 4 heteroatoms. The lowest BCUT2D eigenvalue weighted by molar-refractivity contribution is 0.377. The third kappa shape index (κ3) is 2.40. The Labute approximate surface area is 134 Å². The van der Waals surface area contributed by atoms with Crippen molar-refractivity contribution < 1.29 is 0 Å². The number of hydrogen-bond acceptors (Lipinski definition) is 2. The van der Waals surface area contributed by atoms with E-state index in [1.165, 1.54) is 5.52 Å². The number of nitrogens with zero attached hydrogens (tertiary/aromatic N) is 2. The molecule has 1 saturated heterocycles. The minimum Gasteiger partial charge on any atom is -0.321 e.